The average Bonchev–Trinajstić information content (AvgIpc) is 2.69. The van der Waals surface area contributed by atoms with E-state index in [1.54, 1.807) is 12.4 Å². The molecule has 1 spiro atoms. The molecule has 1 amide bonds. The summed E-state index contributed by atoms with van der Waals surface area (Å²) in [6.45, 7) is 5.13. The Hall–Kier alpha value is -1.46. The van der Waals surface area contributed by atoms with Crippen molar-refractivity contribution in [3.63, 3.8) is 0 Å². The summed E-state index contributed by atoms with van der Waals surface area (Å²) >= 11 is 0. The molecule has 0 aromatic carbocycles. The minimum absolute atomic E-state index is 0.0847. The zero-order valence-electron chi connectivity index (χ0n) is 12.6. The Morgan fingerprint density at radius 3 is 3.10 bits per heavy atom. The summed E-state index contributed by atoms with van der Waals surface area (Å²) in [5.74, 6) is 0.0917. The molecule has 2 aliphatic rings. The average molecular weight is 289 g/mol. The first-order valence-corrected chi connectivity index (χ1v) is 7.64. The lowest BCUT2D eigenvalue weighted by Crippen LogP contribution is -2.51. The molecule has 2 fully saturated rings. The molecule has 21 heavy (non-hydrogen) atoms. The smallest absolute Gasteiger partial charge is 0.255 e. The number of rotatable bonds is 1. The quantitative estimate of drug-likeness (QED) is 0.781. The minimum atomic E-state index is 0.0847. The van der Waals surface area contributed by atoms with Gasteiger partial charge in [-0.1, -0.05) is 0 Å². The molecule has 1 aromatic heterocycles. The minimum Gasteiger partial charge on any atom is -0.379 e. The van der Waals surface area contributed by atoms with E-state index in [1.165, 1.54) is 0 Å². The standard InChI is InChI=1S/C16H23N3O2/c1-18-8-9-21-13-16(11-18)5-3-7-19(12-16)15(20)14-4-2-6-17-10-14/h2,4,6,10H,3,5,7-9,11-13H2,1H3/t16-/m1/s1. The number of pyridine rings is 1. The summed E-state index contributed by atoms with van der Waals surface area (Å²) in [6.07, 6.45) is 5.53. The monoisotopic (exact) mass is 289 g/mol. The fraction of sp³-hybridized carbons (Fsp3) is 0.625. The number of amides is 1. The molecule has 2 aliphatic heterocycles. The molecule has 2 saturated heterocycles. The molecular formula is C16H23N3O2. The maximum Gasteiger partial charge on any atom is 0.255 e. The maximum absolute atomic E-state index is 12.6. The summed E-state index contributed by atoms with van der Waals surface area (Å²) in [4.78, 5) is 21.0. The van der Waals surface area contributed by atoms with E-state index in [-0.39, 0.29) is 11.3 Å². The third-order valence-electron chi connectivity index (χ3n) is 4.49. The normalized spacial score (nSPS) is 27.6. The van der Waals surface area contributed by atoms with Crippen LogP contribution in [0.3, 0.4) is 0 Å². The lowest BCUT2D eigenvalue weighted by atomic mass is 9.80. The molecule has 1 aromatic rings. The number of nitrogens with zero attached hydrogens (tertiary/aromatic N) is 3. The van der Waals surface area contributed by atoms with Crippen LogP contribution in [0.1, 0.15) is 23.2 Å². The molecule has 114 valence electrons. The highest BCUT2D eigenvalue weighted by molar-refractivity contribution is 5.93. The number of likely N-dealkylation sites (N-methyl/N-ethyl adjacent to an activating group) is 1. The highest BCUT2D eigenvalue weighted by Crippen LogP contribution is 2.33. The van der Waals surface area contributed by atoms with Crippen LogP contribution in [0.15, 0.2) is 24.5 Å². The number of carbonyl (C=O) groups is 1. The second kappa shape index (κ2) is 6.12. The number of carbonyl (C=O) groups excluding carboxylic acids is 1. The number of piperidine rings is 1. The zero-order chi connectivity index (χ0) is 14.7. The lowest BCUT2D eigenvalue weighted by Gasteiger charge is -2.43. The van der Waals surface area contributed by atoms with Crippen molar-refractivity contribution in [1.82, 2.24) is 14.8 Å². The van der Waals surface area contributed by atoms with E-state index in [9.17, 15) is 4.79 Å². The van der Waals surface area contributed by atoms with Gasteiger partial charge in [0.2, 0.25) is 0 Å². The summed E-state index contributed by atoms with van der Waals surface area (Å²) in [7, 11) is 2.14. The molecule has 0 bridgehead atoms. The Bertz CT molecular complexity index is 494. The van der Waals surface area contributed by atoms with Gasteiger partial charge in [0.15, 0.2) is 0 Å². The molecule has 0 saturated carbocycles. The van der Waals surface area contributed by atoms with Crippen molar-refractivity contribution in [1.29, 1.82) is 0 Å². The predicted octanol–water partition coefficient (Wildman–Crippen LogP) is 1.27. The van der Waals surface area contributed by atoms with Gasteiger partial charge in [-0.15, -0.1) is 0 Å². The van der Waals surface area contributed by atoms with Gasteiger partial charge in [0.25, 0.3) is 5.91 Å². The van der Waals surface area contributed by atoms with Crippen molar-refractivity contribution in [2.45, 2.75) is 12.8 Å². The van der Waals surface area contributed by atoms with Crippen molar-refractivity contribution in [2.75, 3.05) is 46.4 Å². The van der Waals surface area contributed by atoms with Gasteiger partial charge in [0.1, 0.15) is 0 Å². The van der Waals surface area contributed by atoms with Gasteiger partial charge in [0.05, 0.1) is 18.8 Å². The highest BCUT2D eigenvalue weighted by atomic mass is 16.5. The van der Waals surface area contributed by atoms with Crippen LogP contribution in [0, 0.1) is 5.41 Å². The molecule has 3 heterocycles. The number of hydrogen-bond donors (Lipinski definition) is 0. The van der Waals surface area contributed by atoms with Gasteiger partial charge in [-0.3, -0.25) is 9.78 Å². The largest absolute Gasteiger partial charge is 0.379 e. The molecular weight excluding hydrogens is 266 g/mol. The second-order valence-electron chi connectivity index (χ2n) is 6.36. The number of likely N-dealkylation sites (tertiary alicyclic amines) is 1. The molecule has 5 nitrogen and oxygen atoms in total. The van der Waals surface area contributed by atoms with Crippen LogP contribution in [-0.4, -0.2) is 67.1 Å². The summed E-state index contributed by atoms with van der Waals surface area (Å²) < 4.78 is 5.80. The van der Waals surface area contributed by atoms with Gasteiger partial charge in [-0.2, -0.15) is 0 Å². The van der Waals surface area contributed by atoms with Crippen LogP contribution >= 0.6 is 0 Å². The van der Waals surface area contributed by atoms with Crippen LogP contribution in [0.25, 0.3) is 0 Å². The van der Waals surface area contributed by atoms with Crippen LogP contribution in [0.5, 0.6) is 0 Å². The molecule has 3 rings (SSSR count). The molecule has 5 heteroatoms. The molecule has 0 aliphatic carbocycles. The fourth-order valence-electron chi connectivity index (χ4n) is 3.51. The van der Waals surface area contributed by atoms with E-state index in [0.717, 1.165) is 52.2 Å². The van der Waals surface area contributed by atoms with Crippen molar-refractivity contribution in [3.8, 4) is 0 Å². The van der Waals surface area contributed by atoms with Crippen LogP contribution in [-0.2, 0) is 4.74 Å². The first kappa shape index (κ1) is 14.5. The van der Waals surface area contributed by atoms with Gasteiger partial charge in [-0.25, -0.2) is 0 Å². The fourth-order valence-corrected chi connectivity index (χ4v) is 3.51. The van der Waals surface area contributed by atoms with Crippen LogP contribution in [0.4, 0.5) is 0 Å². The van der Waals surface area contributed by atoms with E-state index >= 15 is 0 Å². The Kier molecular flexibility index (Phi) is 4.22. The van der Waals surface area contributed by atoms with Crippen molar-refractivity contribution >= 4 is 5.91 Å². The first-order chi connectivity index (χ1) is 10.2. The number of ether oxygens (including phenoxy) is 1. The molecule has 1 atom stereocenters. The third-order valence-corrected chi connectivity index (χ3v) is 4.49. The van der Waals surface area contributed by atoms with Gasteiger partial charge < -0.3 is 14.5 Å². The van der Waals surface area contributed by atoms with Gasteiger partial charge >= 0.3 is 0 Å². The number of aromatic nitrogens is 1. The van der Waals surface area contributed by atoms with Gasteiger partial charge in [0, 0.05) is 44.0 Å². The van der Waals surface area contributed by atoms with Crippen molar-refractivity contribution in [2.24, 2.45) is 5.41 Å². The Morgan fingerprint density at radius 1 is 1.38 bits per heavy atom. The van der Waals surface area contributed by atoms with Crippen molar-refractivity contribution in [3.05, 3.63) is 30.1 Å². The second-order valence-corrected chi connectivity index (χ2v) is 6.36. The van der Waals surface area contributed by atoms with Crippen LogP contribution in [0.2, 0.25) is 0 Å². The molecule has 0 N–H and O–H groups in total. The van der Waals surface area contributed by atoms with E-state index < -0.39 is 0 Å². The summed E-state index contributed by atoms with van der Waals surface area (Å²) in [5, 5.41) is 0. The Balaban J connectivity index is 1.74. The molecule has 0 radical (unpaired) electrons. The zero-order valence-corrected chi connectivity index (χ0v) is 12.6. The summed E-state index contributed by atoms with van der Waals surface area (Å²) in [6, 6.07) is 3.65. The Labute approximate surface area is 125 Å². The SMILES string of the molecule is CN1CCOC[C@]2(CCCN(C(=O)c3cccnc3)C2)C1. The van der Waals surface area contributed by atoms with Gasteiger partial charge in [-0.05, 0) is 32.0 Å². The van der Waals surface area contributed by atoms with E-state index in [4.69, 9.17) is 4.74 Å². The summed E-state index contributed by atoms with van der Waals surface area (Å²) in [5.41, 5.74) is 0.763. The lowest BCUT2D eigenvalue weighted by molar-refractivity contribution is 0.00859. The van der Waals surface area contributed by atoms with E-state index in [1.807, 2.05) is 17.0 Å². The van der Waals surface area contributed by atoms with Crippen LogP contribution < -0.4 is 0 Å². The van der Waals surface area contributed by atoms with Crippen molar-refractivity contribution < 1.29 is 9.53 Å². The number of hydrogen-bond acceptors (Lipinski definition) is 4. The first-order valence-electron chi connectivity index (χ1n) is 7.64. The Morgan fingerprint density at radius 2 is 2.29 bits per heavy atom. The maximum atomic E-state index is 12.6. The molecule has 0 unspecified atom stereocenters. The predicted molar refractivity (Wildman–Crippen MR) is 80.1 cm³/mol. The van der Waals surface area contributed by atoms with E-state index in [0.29, 0.717) is 5.56 Å². The van der Waals surface area contributed by atoms with E-state index in [2.05, 4.69) is 16.9 Å². The third kappa shape index (κ3) is 3.24. The highest BCUT2D eigenvalue weighted by Gasteiger charge is 2.39. The topological polar surface area (TPSA) is 45.7 Å².